The molecule has 2 fully saturated rings. The number of nitriles is 1. The summed E-state index contributed by atoms with van der Waals surface area (Å²) in [5.74, 6) is 3.26. The SMILES string of the molecule is C[C@]12CC[C@H]3[C@@H](CC=C4C=C(C#N)CC[C@@H]43)[C@@H]1CCC2=O. The van der Waals surface area contributed by atoms with Crippen molar-refractivity contribution in [2.75, 3.05) is 0 Å². The molecule has 0 saturated heterocycles. The van der Waals surface area contributed by atoms with Gasteiger partial charge in [0.05, 0.1) is 6.07 Å². The van der Waals surface area contributed by atoms with Crippen molar-refractivity contribution in [3.05, 3.63) is 23.3 Å². The monoisotopic (exact) mass is 281 g/mol. The van der Waals surface area contributed by atoms with Crippen molar-refractivity contribution in [1.82, 2.24) is 0 Å². The van der Waals surface area contributed by atoms with Crippen LogP contribution in [-0.2, 0) is 4.79 Å². The van der Waals surface area contributed by atoms with Gasteiger partial charge in [-0.2, -0.15) is 5.26 Å². The number of carbonyl (C=O) groups is 1. The molecule has 5 atom stereocenters. The number of fused-ring (bicyclic) bond motifs is 5. The third-order valence-corrected chi connectivity index (χ3v) is 6.98. The number of hydrogen-bond acceptors (Lipinski definition) is 2. The molecule has 0 spiro atoms. The van der Waals surface area contributed by atoms with Crippen molar-refractivity contribution >= 4 is 5.78 Å². The molecule has 0 aromatic rings. The Balaban J connectivity index is 1.67. The summed E-state index contributed by atoms with van der Waals surface area (Å²) in [5, 5.41) is 9.12. The average molecular weight is 281 g/mol. The number of carbonyl (C=O) groups excluding carboxylic acids is 1. The van der Waals surface area contributed by atoms with Crippen LogP contribution in [0.1, 0.15) is 51.9 Å². The molecule has 0 heterocycles. The quantitative estimate of drug-likeness (QED) is 0.668. The van der Waals surface area contributed by atoms with Crippen molar-refractivity contribution in [1.29, 1.82) is 5.26 Å². The number of hydrogen-bond donors (Lipinski definition) is 0. The van der Waals surface area contributed by atoms with Crippen molar-refractivity contribution in [3.63, 3.8) is 0 Å². The molecule has 4 aliphatic rings. The number of ketones is 1. The minimum atomic E-state index is -0.0190. The van der Waals surface area contributed by atoms with Gasteiger partial charge in [-0.05, 0) is 73.8 Å². The van der Waals surface area contributed by atoms with Gasteiger partial charge in [0.2, 0.25) is 0 Å². The summed E-state index contributed by atoms with van der Waals surface area (Å²) < 4.78 is 0. The molecule has 0 unspecified atom stereocenters. The largest absolute Gasteiger partial charge is 0.299 e. The van der Waals surface area contributed by atoms with Gasteiger partial charge in [0.1, 0.15) is 5.78 Å². The number of rotatable bonds is 0. The summed E-state index contributed by atoms with van der Waals surface area (Å²) >= 11 is 0. The molecule has 2 saturated carbocycles. The Morgan fingerprint density at radius 1 is 1.24 bits per heavy atom. The van der Waals surface area contributed by atoms with Gasteiger partial charge in [-0.25, -0.2) is 0 Å². The highest BCUT2D eigenvalue weighted by molar-refractivity contribution is 5.87. The van der Waals surface area contributed by atoms with Gasteiger partial charge in [-0.15, -0.1) is 0 Å². The molecular weight excluding hydrogens is 258 g/mol. The molecule has 0 aliphatic heterocycles. The summed E-state index contributed by atoms with van der Waals surface area (Å²) in [5.41, 5.74) is 2.36. The van der Waals surface area contributed by atoms with Crippen LogP contribution < -0.4 is 0 Å². The Labute approximate surface area is 126 Å². The number of allylic oxidation sites excluding steroid dienone is 4. The van der Waals surface area contributed by atoms with Gasteiger partial charge in [0.15, 0.2) is 0 Å². The Hall–Kier alpha value is -1.36. The lowest BCUT2D eigenvalue weighted by molar-refractivity contribution is -0.130. The predicted octanol–water partition coefficient (Wildman–Crippen LogP) is 4.19. The second-order valence-corrected chi connectivity index (χ2v) is 7.72. The maximum atomic E-state index is 12.3. The lowest BCUT2D eigenvalue weighted by Gasteiger charge is -2.50. The second-order valence-electron chi connectivity index (χ2n) is 7.72. The lowest BCUT2D eigenvalue weighted by Crippen LogP contribution is -2.45. The zero-order chi connectivity index (χ0) is 14.6. The normalized spacial score (nSPS) is 44.9. The standard InChI is InChI=1S/C19H23NO/c1-19-9-8-15-14-4-2-12(11-20)10-13(14)3-5-16(15)17(19)6-7-18(19)21/h3,10,14-17H,2,4-9H2,1H3/t14-,15+,16+,17-,19-/m0/s1. The van der Waals surface area contributed by atoms with E-state index in [2.05, 4.69) is 25.1 Å². The summed E-state index contributed by atoms with van der Waals surface area (Å²) in [6, 6.07) is 2.33. The van der Waals surface area contributed by atoms with E-state index in [1.165, 1.54) is 12.0 Å². The molecule has 110 valence electrons. The third kappa shape index (κ3) is 1.79. The summed E-state index contributed by atoms with van der Waals surface area (Å²) in [7, 11) is 0. The van der Waals surface area contributed by atoms with Crippen LogP contribution in [-0.4, -0.2) is 5.78 Å². The van der Waals surface area contributed by atoms with Crippen LogP contribution in [0.2, 0.25) is 0 Å². The highest BCUT2D eigenvalue weighted by atomic mass is 16.1. The first kappa shape index (κ1) is 13.3. The van der Waals surface area contributed by atoms with E-state index in [0.717, 1.165) is 50.0 Å². The molecule has 2 heteroatoms. The zero-order valence-electron chi connectivity index (χ0n) is 12.8. The van der Waals surface area contributed by atoms with Crippen molar-refractivity contribution in [2.45, 2.75) is 51.9 Å². The van der Waals surface area contributed by atoms with Crippen LogP contribution in [0.3, 0.4) is 0 Å². The molecule has 0 amide bonds. The van der Waals surface area contributed by atoms with Crippen LogP contribution in [0.5, 0.6) is 0 Å². The van der Waals surface area contributed by atoms with Gasteiger partial charge in [-0.1, -0.05) is 13.0 Å². The van der Waals surface area contributed by atoms with Crippen LogP contribution in [0.15, 0.2) is 23.3 Å². The molecule has 2 nitrogen and oxygen atoms in total. The van der Waals surface area contributed by atoms with Gasteiger partial charge >= 0.3 is 0 Å². The van der Waals surface area contributed by atoms with Crippen molar-refractivity contribution in [3.8, 4) is 6.07 Å². The molecule has 0 aromatic carbocycles. The first-order valence-electron chi connectivity index (χ1n) is 8.47. The van der Waals surface area contributed by atoms with Gasteiger partial charge < -0.3 is 0 Å². The molecule has 21 heavy (non-hydrogen) atoms. The van der Waals surface area contributed by atoms with Crippen LogP contribution in [0.25, 0.3) is 0 Å². The Morgan fingerprint density at radius 2 is 2.10 bits per heavy atom. The first-order chi connectivity index (χ1) is 10.1. The summed E-state index contributed by atoms with van der Waals surface area (Å²) in [4.78, 5) is 12.3. The molecule has 4 aliphatic carbocycles. The Bertz CT molecular complexity index is 593. The Morgan fingerprint density at radius 3 is 2.90 bits per heavy atom. The van der Waals surface area contributed by atoms with E-state index in [1.807, 2.05) is 0 Å². The molecular formula is C19H23NO. The highest BCUT2D eigenvalue weighted by Gasteiger charge is 2.55. The predicted molar refractivity (Wildman–Crippen MR) is 81.2 cm³/mol. The second kappa shape index (κ2) is 4.57. The summed E-state index contributed by atoms with van der Waals surface area (Å²) in [6.07, 6.45) is 12.0. The molecule has 0 aromatic heterocycles. The first-order valence-corrected chi connectivity index (χ1v) is 8.47. The van der Waals surface area contributed by atoms with Gasteiger partial charge in [-0.3, -0.25) is 4.79 Å². The van der Waals surface area contributed by atoms with E-state index < -0.39 is 0 Å². The van der Waals surface area contributed by atoms with Crippen LogP contribution in [0, 0.1) is 40.4 Å². The van der Waals surface area contributed by atoms with Gasteiger partial charge in [0, 0.05) is 17.4 Å². The minimum absolute atomic E-state index is 0.0190. The third-order valence-electron chi connectivity index (χ3n) is 6.98. The molecule has 0 N–H and O–H groups in total. The lowest BCUT2D eigenvalue weighted by atomic mass is 9.53. The topological polar surface area (TPSA) is 40.9 Å². The van der Waals surface area contributed by atoms with Gasteiger partial charge in [0.25, 0.3) is 0 Å². The van der Waals surface area contributed by atoms with Crippen molar-refractivity contribution in [2.24, 2.45) is 29.1 Å². The smallest absolute Gasteiger partial charge is 0.139 e. The van der Waals surface area contributed by atoms with E-state index in [-0.39, 0.29) is 5.41 Å². The average Bonchev–Trinajstić information content (AvgIpc) is 2.82. The fourth-order valence-electron chi connectivity index (χ4n) is 5.82. The van der Waals surface area contributed by atoms with Crippen LogP contribution >= 0.6 is 0 Å². The molecule has 4 rings (SSSR count). The molecule has 0 radical (unpaired) electrons. The van der Waals surface area contributed by atoms with E-state index in [9.17, 15) is 4.79 Å². The van der Waals surface area contributed by atoms with E-state index in [1.54, 1.807) is 0 Å². The minimum Gasteiger partial charge on any atom is -0.299 e. The number of nitrogens with zero attached hydrogens (tertiary/aromatic N) is 1. The highest BCUT2D eigenvalue weighted by Crippen LogP contribution is 2.59. The summed E-state index contributed by atoms with van der Waals surface area (Å²) in [6.45, 7) is 2.23. The number of Topliss-reactive ketones (excluding diaryl/α,β-unsaturated/α-hetero) is 1. The Kier molecular flexibility index (Phi) is 2.89. The molecule has 0 bridgehead atoms. The van der Waals surface area contributed by atoms with E-state index in [4.69, 9.17) is 5.26 Å². The van der Waals surface area contributed by atoms with Crippen LogP contribution in [0.4, 0.5) is 0 Å². The maximum Gasteiger partial charge on any atom is 0.139 e. The van der Waals surface area contributed by atoms with E-state index in [0.29, 0.717) is 23.5 Å². The maximum absolute atomic E-state index is 12.3. The fraction of sp³-hybridized carbons (Fsp3) is 0.684. The zero-order valence-corrected chi connectivity index (χ0v) is 12.8. The van der Waals surface area contributed by atoms with E-state index >= 15 is 0 Å². The van der Waals surface area contributed by atoms with Crippen molar-refractivity contribution < 1.29 is 4.79 Å². The fourth-order valence-corrected chi connectivity index (χ4v) is 5.82.